The lowest BCUT2D eigenvalue weighted by Crippen LogP contribution is -2.46. The topological polar surface area (TPSA) is 97.3 Å². The zero-order chi connectivity index (χ0) is 24.4. The zero-order valence-corrected chi connectivity index (χ0v) is 20.3. The largest absolute Gasteiger partial charge is 0.493 e. The molecule has 0 unspecified atom stereocenters. The van der Waals surface area contributed by atoms with Crippen LogP contribution in [-0.2, 0) is 0 Å². The molecule has 184 valence electrons. The van der Waals surface area contributed by atoms with E-state index < -0.39 is 0 Å². The van der Waals surface area contributed by atoms with Crippen molar-refractivity contribution in [2.75, 3.05) is 31.8 Å². The highest BCUT2D eigenvalue weighted by Gasteiger charge is 2.32. The fraction of sp³-hybridized carbons (Fsp3) is 0.308. The Hall–Kier alpha value is -3.98. The molecule has 35 heavy (non-hydrogen) atoms. The van der Waals surface area contributed by atoms with Crippen LogP contribution in [0.4, 0.5) is 23.1 Å². The van der Waals surface area contributed by atoms with E-state index in [1.807, 2.05) is 43.3 Å². The molecule has 5 rings (SSSR count). The molecule has 1 fully saturated rings. The molecule has 0 atom stereocenters. The Bertz CT molecular complexity index is 1350. The van der Waals surface area contributed by atoms with Gasteiger partial charge in [-0.15, -0.1) is 0 Å². The zero-order valence-electron chi connectivity index (χ0n) is 20.3. The molecule has 9 heteroatoms. The molecule has 1 aromatic carbocycles. The average molecular weight is 476 g/mol. The monoisotopic (exact) mass is 475 g/mol. The molecule has 2 N–H and O–H groups in total. The van der Waals surface area contributed by atoms with Crippen LogP contribution in [0.5, 0.6) is 11.5 Å². The number of aryl methyl sites for hydroxylation is 1. The van der Waals surface area contributed by atoms with Crippen LogP contribution in [0.3, 0.4) is 0 Å². The lowest BCUT2D eigenvalue weighted by molar-refractivity contribution is 0.0383. The maximum atomic E-state index is 6.15. The summed E-state index contributed by atoms with van der Waals surface area (Å²) >= 11 is 0. The Morgan fingerprint density at radius 1 is 0.914 bits per heavy atom. The molecule has 0 aliphatic heterocycles. The summed E-state index contributed by atoms with van der Waals surface area (Å²) in [6, 6.07) is 14.0. The van der Waals surface area contributed by atoms with Gasteiger partial charge < -0.3 is 25.0 Å². The molecule has 3 aromatic heterocycles. The number of methoxy groups -OCH3 is 1. The molecule has 1 aliphatic carbocycles. The number of anilines is 4. The van der Waals surface area contributed by atoms with Gasteiger partial charge in [-0.25, -0.2) is 4.98 Å². The highest BCUT2D eigenvalue weighted by atomic mass is 16.5. The van der Waals surface area contributed by atoms with Crippen molar-refractivity contribution in [3.05, 3.63) is 60.6 Å². The van der Waals surface area contributed by atoms with Crippen LogP contribution in [0.2, 0.25) is 0 Å². The van der Waals surface area contributed by atoms with Gasteiger partial charge in [0.15, 0.2) is 11.5 Å². The van der Waals surface area contributed by atoms with Crippen molar-refractivity contribution in [1.82, 2.24) is 24.8 Å². The van der Waals surface area contributed by atoms with Gasteiger partial charge in [0, 0.05) is 32.5 Å². The first-order chi connectivity index (χ1) is 17.0. The normalized spacial score (nSPS) is 17.2. The first-order valence-electron chi connectivity index (χ1n) is 11.6. The second kappa shape index (κ2) is 9.71. The van der Waals surface area contributed by atoms with Crippen molar-refractivity contribution in [3.8, 4) is 11.5 Å². The third-order valence-corrected chi connectivity index (χ3v) is 6.12. The van der Waals surface area contributed by atoms with E-state index in [-0.39, 0.29) is 8.96 Å². The van der Waals surface area contributed by atoms with Crippen LogP contribution < -0.4 is 20.1 Å². The Morgan fingerprint density at radius 3 is 2.57 bits per heavy atom. The molecule has 1 aliphatic rings. The smallest absolute Gasteiger partial charge is 0.229 e. The number of nitrogens with zero attached hydrogens (tertiary/aromatic N) is 5. The van der Waals surface area contributed by atoms with Crippen molar-refractivity contribution in [2.45, 2.75) is 31.9 Å². The number of nitrogens with one attached hydrogen (secondary N) is 2. The van der Waals surface area contributed by atoms with Crippen LogP contribution >= 0.6 is 0 Å². The number of fused-ring (bicyclic) bond motifs is 1. The van der Waals surface area contributed by atoms with Gasteiger partial charge in [0.2, 0.25) is 5.95 Å². The summed E-state index contributed by atoms with van der Waals surface area (Å²) in [6.45, 7) is 1.96. The number of pyridine rings is 2. The lowest BCUT2D eigenvalue weighted by Gasteiger charge is -2.39. The van der Waals surface area contributed by atoms with Crippen molar-refractivity contribution in [1.29, 1.82) is 0 Å². The molecule has 4 aromatic rings. The predicted molar refractivity (Wildman–Crippen MR) is 141 cm³/mol. The fourth-order valence-electron chi connectivity index (χ4n) is 4.02. The van der Waals surface area contributed by atoms with Crippen molar-refractivity contribution in [3.63, 3.8) is 0 Å². The number of ether oxygens (including phenoxy) is 2. The van der Waals surface area contributed by atoms with Crippen molar-refractivity contribution < 1.29 is 12.3 Å². The van der Waals surface area contributed by atoms with Gasteiger partial charge in [-0.1, -0.05) is 0 Å². The first-order valence-corrected chi connectivity index (χ1v) is 11.6. The van der Waals surface area contributed by atoms with E-state index in [0.29, 0.717) is 23.6 Å². The summed E-state index contributed by atoms with van der Waals surface area (Å²) in [5.41, 5.74) is 4.23. The molecule has 0 spiro atoms. The second-order valence-electron chi connectivity index (χ2n) is 8.92. The Kier molecular flexibility index (Phi) is 6.33. The predicted octanol–water partition coefficient (Wildman–Crippen LogP) is 5.19. The van der Waals surface area contributed by atoms with E-state index in [1.165, 1.54) is 0 Å². The van der Waals surface area contributed by atoms with Gasteiger partial charge in [0.25, 0.3) is 0 Å². The minimum atomic E-state index is 0. The van der Waals surface area contributed by atoms with Crippen molar-refractivity contribution >= 4 is 34.2 Å². The molecule has 9 nitrogen and oxygen atoms in total. The molecule has 0 amide bonds. The molecule has 1 saturated carbocycles. The number of hydrogen-bond donors (Lipinski definition) is 2. The summed E-state index contributed by atoms with van der Waals surface area (Å²) in [7, 11) is 5.85. The van der Waals surface area contributed by atoms with E-state index in [0.717, 1.165) is 46.7 Å². The van der Waals surface area contributed by atoms with Gasteiger partial charge >= 0.3 is 0 Å². The standard InChI is InChI=1S/C26H29N7O2.2H2/c1-16-5-7-21-22(29-16)11-18(15-28-21)30-25-9-10-27-26(32-25)31-17-6-8-23(24(12-17)34-4)35-20-13-19(14-20)33(2)3;;/h5-12,15,19-20H,13-14H2,1-4H3,(H2,27,30,31,32);2*1H. The van der Waals surface area contributed by atoms with Crippen molar-refractivity contribution in [2.24, 2.45) is 0 Å². The first kappa shape index (κ1) is 22.8. The summed E-state index contributed by atoms with van der Waals surface area (Å²) in [6.07, 6.45) is 5.71. The molecule has 0 bridgehead atoms. The van der Waals surface area contributed by atoms with Crippen LogP contribution in [0.15, 0.2) is 54.9 Å². The molecular formula is C26H33N7O2. The molecule has 0 radical (unpaired) electrons. The van der Waals surface area contributed by atoms with E-state index in [4.69, 9.17) is 9.47 Å². The third kappa shape index (κ3) is 5.25. The number of hydrogen-bond acceptors (Lipinski definition) is 9. The highest BCUT2D eigenvalue weighted by molar-refractivity contribution is 5.78. The Balaban J connectivity index is 0.00000190. The van der Waals surface area contributed by atoms with Crippen LogP contribution in [0.1, 0.15) is 21.4 Å². The summed E-state index contributed by atoms with van der Waals surface area (Å²) in [4.78, 5) is 20.2. The maximum absolute atomic E-state index is 6.15. The van der Waals surface area contributed by atoms with Gasteiger partial charge in [-0.05, 0) is 70.3 Å². The number of aromatic nitrogens is 4. The van der Waals surface area contributed by atoms with E-state index in [1.54, 1.807) is 25.6 Å². The van der Waals surface area contributed by atoms with E-state index in [2.05, 4.69) is 49.6 Å². The maximum Gasteiger partial charge on any atom is 0.229 e. The summed E-state index contributed by atoms with van der Waals surface area (Å²) < 4.78 is 11.7. The third-order valence-electron chi connectivity index (χ3n) is 6.12. The summed E-state index contributed by atoms with van der Waals surface area (Å²) in [5, 5.41) is 6.52. The van der Waals surface area contributed by atoms with Gasteiger partial charge in [0.05, 0.1) is 30.0 Å². The molecular weight excluding hydrogens is 442 g/mol. The SMILES string of the molecule is COc1cc(Nc2nccc(Nc3cnc4ccc(C)nc4c3)n2)ccc1OC1CC(N(C)C)C1.[HH].[HH]. The van der Waals surface area contributed by atoms with Crippen LogP contribution in [0.25, 0.3) is 11.0 Å². The summed E-state index contributed by atoms with van der Waals surface area (Å²) in [5.74, 6) is 2.51. The Labute approximate surface area is 207 Å². The Morgan fingerprint density at radius 2 is 1.77 bits per heavy atom. The van der Waals surface area contributed by atoms with E-state index in [9.17, 15) is 0 Å². The number of benzene rings is 1. The van der Waals surface area contributed by atoms with Crippen LogP contribution in [0, 0.1) is 6.92 Å². The van der Waals surface area contributed by atoms with Gasteiger partial charge in [-0.3, -0.25) is 9.97 Å². The van der Waals surface area contributed by atoms with Gasteiger partial charge in [-0.2, -0.15) is 4.98 Å². The molecule has 3 heterocycles. The van der Waals surface area contributed by atoms with Crippen LogP contribution in [-0.4, -0.2) is 58.2 Å². The minimum Gasteiger partial charge on any atom is -0.493 e. The fourth-order valence-corrected chi connectivity index (χ4v) is 4.02. The minimum absolute atomic E-state index is 0. The second-order valence-corrected chi connectivity index (χ2v) is 8.92. The molecule has 0 saturated heterocycles. The highest BCUT2D eigenvalue weighted by Crippen LogP contribution is 2.36. The quantitative estimate of drug-likeness (QED) is 0.357. The van der Waals surface area contributed by atoms with E-state index >= 15 is 0 Å². The van der Waals surface area contributed by atoms with Gasteiger partial charge in [0.1, 0.15) is 11.9 Å². The lowest BCUT2D eigenvalue weighted by atomic mass is 9.88. The number of rotatable bonds is 8. The average Bonchev–Trinajstić information content (AvgIpc) is 2.81.